The van der Waals surface area contributed by atoms with Crippen LogP contribution in [0.4, 0.5) is 0 Å². The number of aliphatic hydroxyl groups excluding tert-OH is 1. The van der Waals surface area contributed by atoms with Gasteiger partial charge in [0.1, 0.15) is 6.61 Å². The summed E-state index contributed by atoms with van der Waals surface area (Å²) >= 11 is 0. The van der Waals surface area contributed by atoms with Crippen LogP contribution in [0.25, 0.3) is 0 Å². The van der Waals surface area contributed by atoms with E-state index in [0.29, 0.717) is 0 Å². The summed E-state index contributed by atoms with van der Waals surface area (Å²) in [5, 5.41) is 15.0. The molecule has 0 atom stereocenters. The lowest BCUT2D eigenvalue weighted by Gasteiger charge is -1.72. The van der Waals surface area contributed by atoms with Crippen LogP contribution in [0.1, 0.15) is 0 Å². The number of aliphatic hydroxyl groups is 1. The van der Waals surface area contributed by atoms with Gasteiger partial charge in [0, 0.05) is 0 Å². The Morgan fingerprint density at radius 3 is 2.00 bits per heavy atom. The molecule has 0 aromatic carbocycles. The first-order chi connectivity index (χ1) is 2.27. The molecule has 0 spiro atoms. The van der Waals surface area contributed by atoms with Crippen molar-refractivity contribution in [1.29, 1.82) is 0 Å². The number of hydrogen-bond acceptors (Lipinski definition) is 2. The van der Waals surface area contributed by atoms with Gasteiger partial charge >= 0.3 is 5.97 Å². The monoisotopic (exact) mass is 78.0 g/mol. The number of hydrogen-bond donors (Lipinski definition) is 2. The lowest BCUT2D eigenvalue weighted by atomic mass is 11.4. The molecule has 2 N–H and O–H groups in total. The van der Waals surface area contributed by atoms with Gasteiger partial charge in [0.25, 0.3) is 0 Å². The predicted molar refractivity (Wildman–Crippen MR) is 14.7 cm³/mol. The number of carbonyl (C=O) groups is 1. The highest BCUT2D eigenvalue weighted by Crippen LogP contribution is 1.48. The smallest absolute Gasteiger partial charge is 0.329 e. The Labute approximate surface area is 28.9 Å². The van der Waals surface area contributed by atoms with Crippen LogP contribution in [0, 0.1) is 0 Å². The molecule has 0 bridgehead atoms. The molecule has 3 nitrogen and oxygen atoms in total. The zero-order chi connectivity index (χ0) is 4.28. The van der Waals surface area contributed by atoms with Crippen molar-refractivity contribution in [1.82, 2.24) is 0 Å². The second-order valence-corrected chi connectivity index (χ2v) is 0.552. The standard InChI is InChI=1S/C2H4O3/c3-1-2(4)5/h3H,1H2,(H,4,5)/i2+2. The summed E-state index contributed by atoms with van der Waals surface area (Å²) < 4.78 is 0. The summed E-state index contributed by atoms with van der Waals surface area (Å²) in [5.41, 5.74) is 0. The highest BCUT2D eigenvalue weighted by atomic mass is 16.6. The first kappa shape index (κ1) is 4.43. The van der Waals surface area contributed by atoms with E-state index in [4.69, 9.17) is 15.0 Å². The molecule has 0 saturated heterocycles. The van der Waals surface area contributed by atoms with Crippen LogP contribution < -0.4 is 0 Å². The fraction of sp³-hybridized carbons (Fsp3) is 0.500. The summed E-state index contributed by atoms with van der Waals surface area (Å²) in [6, 6.07) is 0. The molecule has 0 unspecified atom stereocenters. The van der Waals surface area contributed by atoms with E-state index in [1.54, 1.807) is 0 Å². The SMILES string of the molecule is O=[14C](O)CO. The average Bonchev–Trinajstić information content (AvgIpc) is 1.38. The average molecular weight is 78.0 g/mol. The molecule has 30 valence electrons. The van der Waals surface area contributed by atoms with Gasteiger partial charge in [-0.05, 0) is 0 Å². The van der Waals surface area contributed by atoms with Gasteiger partial charge in [-0.2, -0.15) is 0 Å². The molecular formula is C2H4O3. The number of carboxylic acid groups (broad SMARTS) is 1. The lowest BCUT2D eigenvalue weighted by molar-refractivity contribution is -0.140. The molecule has 0 aromatic rings. The van der Waals surface area contributed by atoms with Crippen molar-refractivity contribution in [2.75, 3.05) is 6.61 Å². The first-order valence-corrected chi connectivity index (χ1v) is 1.10. The van der Waals surface area contributed by atoms with E-state index in [1.807, 2.05) is 0 Å². The third kappa shape index (κ3) is 3.43. The molecule has 0 rings (SSSR count). The van der Waals surface area contributed by atoms with Crippen molar-refractivity contribution in [3.63, 3.8) is 0 Å². The summed E-state index contributed by atoms with van der Waals surface area (Å²) in [6.45, 7) is -0.778. The molecule has 0 aliphatic heterocycles. The molecule has 0 aliphatic carbocycles. The van der Waals surface area contributed by atoms with E-state index in [9.17, 15) is 0 Å². The number of carboxylic acids is 1. The first-order valence-electron chi connectivity index (χ1n) is 1.10. The van der Waals surface area contributed by atoms with Gasteiger partial charge in [-0.15, -0.1) is 0 Å². The maximum absolute atomic E-state index is 9.12. The molecular weight excluding hydrogens is 74.0 g/mol. The Bertz CT molecular complexity index is 40.2. The molecule has 0 heterocycles. The van der Waals surface area contributed by atoms with Crippen LogP contribution in [0.3, 0.4) is 0 Å². The van der Waals surface area contributed by atoms with Crippen molar-refractivity contribution in [3.8, 4) is 0 Å². The third-order valence-electron chi connectivity index (χ3n) is 0.135. The Hall–Kier alpha value is -0.570. The van der Waals surface area contributed by atoms with Crippen LogP contribution in [0.5, 0.6) is 0 Å². The van der Waals surface area contributed by atoms with Crippen molar-refractivity contribution < 1.29 is 15.0 Å². The fourth-order valence-electron chi connectivity index (χ4n) is 0. The normalized spacial score (nSPS) is 7.40. The zero-order valence-corrected chi connectivity index (χ0v) is 2.51. The molecule has 0 aromatic heterocycles. The van der Waals surface area contributed by atoms with Crippen molar-refractivity contribution in [2.24, 2.45) is 0 Å². The van der Waals surface area contributed by atoms with E-state index in [0.717, 1.165) is 0 Å². The number of aliphatic carboxylic acids is 1. The Balaban J connectivity index is 2.85. The van der Waals surface area contributed by atoms with Gasteiger partial charge in [0.05, 0.1) is 0 Å². The number of rotatable bonds is 1. The molecule has 5 heavy (non-hydrogen) atoms. The molecule has 3 heteroatoms. The third-order valence-corrected chi connectivity index (χ3v) is 0.135. The highest BCUT2D eigenvalue weighted by molar-refractivity contribution is 5.67. The van der Waals surface area contributed by atoms with Gasteiger partial charge in [-0.1, -0.05) is 0 Å². The van der Waals surface area contributed by atoms with Crippen LogP contribution in [0.15, 0.2) is 0 Å². The summed E-state index contributed by atoms with van der Waals surface area (Å²) in [4.78, 5) is 9.12. The van der Waals surface area contributed by atoms with E-state index < -0.39 is 12.6 Å². The summed E-state index contributed by atoms with van der Waals surface area (Å²) in [7, 11) is 0. The minimum Gasteiger partial charge on any atom is -0.480 e. The molecule has 0 fully saturated rings. The predicted octanol–water partition coefficient (Wildman–Crippen LogP) is -0.937. The fourth-order valence-corrected chi connectivity index (χ4v) is 0. The van der Waals surface area contributed by atoms with Crippen molar-refractivity contribution in [2.45, 2.75) is 0 Å². The summed E-state index contributed by atoms with van der Waals surface area (Å²) in [5.74, 6) is -1.19. The van der Waals surface area contributed by atoms with Gasteiger partial charge in [-0.3, -0.25) is 0 Å². The Morgan fingerprint density at radius 1 is 1.80 bits per heavy atom. The van der Waals surface area contributed by atoms with E-state index in [-0.39, 0.29) is 0 Å². The Morgan fingerprint density at radius 2 is 2.00 bits per heavy atom. The maximum Gasteiger partial charge on any atom is 0.329 e. The largest absolute Gasteiger partial charge is 0.480 e. The lowest BCUT2D eigenvalue weighted by Crippen LogP contribution is -1.98. The highest BCUT2D eigenvalue weighted by Gasteiger charge is 1.82. The van der Waals surface area contributed by atoms with Crippen LogP contribution in [0.2, 0.25) is 0 Å². The van der Waals surface area contributed by atoms with Crippen LogP contribution >= 0.6 is 0 Å². The Kier molecular flexibility index (Phi) is 1.53. The molecule has 0 aliphatic rings. The second kappa shape index (κ2) is 1.72. The maximum atomic E-state index is 9.12. The quantitative estimate of drug-likeness (QED) is 0.425. The second-order valence-electron chi connectivity index (χ2n) is 0.552. The zero-order valence-electron chi connectivity index (χ0n) is 2.51. The topological polar surface area (TPSA) is 57.5 Å². The van der Waals surface area contributed by atoms with Crippen LogP contribution in [-0.2, 0) is 4.79 Å². The van der Waals surface area contributed by atoms with E-state index >= 15 is 0 Å². The van der Waals surface area contributed by atoms with Crippen molar-refractivity contribution >= 4 is 5.97 Å². The van der Waals surface area contributed by atoms with Gasteiger partial charge < -0.3 is 10.2 Å². The van der Waals surface area contributed by atoms with Gasteiger partial charge in [-0.25, -0.2) is 4.79 Å². The molecule has 0 saturated carbocycles. The molecule has 0 radical (unpaired) electrons. The summed E-state index contributed by atoms with van der Waals surface area (Å²) in [6.07, 6.45) is 0. The van der Waals surface area contributed by atoms with E-state index in [1.165, 1.54) is 0 Å². The van der Waals surface area contributed by atoms with Gasteiger partial charge in [0.15, 0.2) is 0 Å². The van der Waals surface area contributed by atoms with Gasteiger partial charge in [0.2, 0.25) is 0 Å². The molecule has 0 amide bonds. The van der Waals surface area contributed by atoms with Crippen molar-refractivity contribution in [3.05, 3.63) is 0 Å². The minimum absolute atomic E-state index is 0.778. The minimum atomic E-state index is -1.19. The van der Waals surface area contributed by atoms with E-state index in [2.05, 4.69) is 0 Å². The van der Waals surface area contributed by atoms with Crippen LogP contribution in [-0.4, -0.2) is 22.8 Å².